The molecular weight excluding hydrogens is 608 g/mol. The number of benzene rings is 1. The van der Waals surface area contributed by atoms with Crippen LogP contribution in [0.1, 0.15) is 83.1 Å². The molecule has 3 aliphatic carbocycles. The zero-order chi connectivity index (χ0) is 33.9. The molecule has 1 aromatic rings. The number of cyclic esters (lactones) is 1. The molecule has 1 saturated heterocycles. The molecule has 0 spiro atoms. The lowest BCUT2D eigenvalue weighted by Gasteiger charge is -2.45. The van der Waals surface area contributed by atoms with Gasteiger partial charge in [0.05, 0.1) is 38.1 Å². The second-order valence-electron chi connectivity index (χ2n) is 13.7. The Morgan fingerprint density at radius 2 is 1.85 bits per heavy atom. The lowest BCUT2D eigenvalue weighted by Crippen LogP contribution is -2.33. The summed E-state index contributed by atoms with van der Waals surface area (Å²) in [4.78, 5) is 23.4. The van der Waals surface area contributed by atoms with Gasteiger partial charge in [0.25, 0.3) is 0 Å². The summed E-state index contributed by atoms with van der Waals surface area (Å²) in [6, 6.07) is 8.69. The number of carbonyl (C=O) groups is 2. The van der Waals surface area contributed by atoms with Gasteiger partial charge in [-0.3, -0.25) is 0 Å². The minimum atomic E-state index is -0.424. The Labute approximate surface area is 286 Å². The molecule has 3 fully saturated rings. The highest BCUT2D eigenvalue weighted by Gasteiger charge is 2.39. The number of ether oxygens (including phenoxy) is 6. The maximum Gasteiger partial charge on any atom is 0.333 e. The van der Waals surface area contributed by atoms with Crippen LogP contribution in [0.25, 0.3) is 0 Å². The molecule has 1 aliphatic heterocycles. The Kier molecular flexibility index (Phi) is 13.5. The van der Waals surface area contributed by atoms with Crippen molar-refractivity contribution < 1.29 is 38.0 Å². The zero-order valence-electron chi connectivity index (χ0n) is 28.8. The first-order chi connectivity index (χ1) is 23.3. The number of carbonyl (C=O) groups excluding carboxylic acids is 2. The minimum absolute atomic E-state index is 0.0219. The van der Waals surface area contributed by atoms with Crippen LogP contribution in [0.3, 0.4) is 0 Å². The number of rotatable bonds is 15. The van der Waals surface area contributed by atoms with Crippen molar-refractivity contribution in [3.05, 3.63) is 78.4 Å². The van der Waals surface area contributed by atoms with Crippen LogP contribution in [0.2, 0.25) is 0 Å². The van der Waals surface area contributed by atoms with E-state index in [4.69, 9.17) is 28.4 Å². The summed E-state index contributed by atoms with van der Waals surface area (Å²) >= 11 is 0. The molecule has 8 nitrogen and oxygen atoms in total. The maximum absolute atomic E-state index is 11.9. The Hall–Kier alpha value is -3.20. The summed E-state index contributed by atoms with van der Waals surface area (Å²) in [7, 11) is 0. The first kappa shape index (κ1) is 36.1. The van der Waals surface area contributed by atoms with E-state index < -0.39 is 5.97 Å². The van der Waals surface area contributed by atoms with Crippen LogP contribution >= 0.6 is 0 Å². The van der Waals surface area contributed by atoms with Gasteiger partial charge in [0.2, 0.25) is 0 Å². The molecule has 262 valence electrons. The summed E-state index contributed by atoms with van der Waals surface area (Å²) in [6.07, 6.45) is 16.7. The fourth-order valence-corrected chi connectivity index (χ4v) is 7.63. The van der Waals surface area contributed by atoms with Crippen LogP contribution in [0.15, 0.2) is 72.9 Å². The average molecular weight is 663 g/mol. The third-order valence-electron chi connectivity index (χ3n) is 10.4. The molecule has 1 heterocycles. The summed E-state index contributed by atoms with van der Waals surface area (Å²) in [5.41, 5.74) is 3.32. The molecular formula is C40H54O8. The molecule has 8 atom stereocenters. The molecule has 0 radical (unpaired) electrons. The fourth-order valence-electron chi connectivity index (χ4n) is 7.63. The van der Waals surface area contributed by atoms with Gasteiger partial charge >= 0.3 is 11.9 Å². The van der Waals surface area contributed by atoms with E-state index in [-0.39, 0.29) is 37.0 Å². The van der Waals surface area contributed by atoms with Gasteiger partial charge in [0, 0.05) is 18.1 Å². The lowest BCUT2D eigenvalue weighted by molar-refractivity contribution is -0.148. The molecule has 8 heteroatoms. The van der Waals surface area contributed by atoms with Crippen LogP contribution in [-0.4, -0.2) is 69.4 Å². The Morgan fingerprint density at radius 3 is 2.58 bits per heavy atom. The zero-order valence-corrected chi connectivity index (χ0v) is 28.8. The highest BCUT2D eigenvalue weighted by Crippen LogP contribution is 2.51. The Bertz CT molecular complexity index is 1300. The molecule has 0 amide bonds. The van der Waals surface area contributed by atoms with E-state index in [1.54, 1.807) is 0 Å². The normalized spacial score (nSPS) is 28.7. The summed E-state index contributed by atoms with van der Waals surface area (Å²) in [5, 5.41) is 0. The molecule has 2 bridgehead atoms. The topological polar surface area (TPSA) is 89.5 Å². The van der Waals surface area contributed by atoms with Gasteiger partial charge in [-0.1, -0.05) is 57.4 Å². The van der Waals surface area contributed by atoms with Gasteiger partial charge < -0.3 is 28.4 Å². The standard InChI is InChI=1S/C40H54O8/c1-5-33(45-25-34(6-2)48-39(41)7-3)24-46-35-13-9-29(10-14-35)31-21-28-8-17-38(32(22-28)23-31)30-11-15-36(16-12-30)47-26-37-20-27(4)40(42)44-19-18-43-37/h7,9-15,28,31-34,36-38H,3-6,8,16-26H2,1-2H3/t28-,31+,32?,33?,34?,36?,37?,38?/m1/s1. The largest absolute Gasteiger partial charge is 0.491 e. The highest BCUT2D eigenvalue weighted by molar-refractivity contribution is 5.87. The van der Waals surface area contributed by atoms with Crippen molar-refractivity contribution in [2.75, 3.05) is 33.0 Å². The van der Waals surface area contributed by atoms with Gasteiger partial charge in [0.15, 0.2) is 0 Å². The van der Waals surface area contributed by atoms with Crippen molar-refractivity contribution in [1.82, 2.24) is 0 Å². The minimum Gasteiger partial charge on any atom is -0.491 e. The highest BCUT2D eigenvalue weighted by atomic mass is 16.6. The molecule has 5 rings (SSSR count). The van der Waals surface area contributed by atoms with Crippen LogP contribution in [0.4, 0.5) is 0 Å². The second kappa shape index (κ2) is 18.0. The SMILES string of the molecule is C=CC(=O)OC(CC)COC(CC)COc1ccc([C@@H]2CC3C[C@H](CCC3C3=CCC(OCC4CC(=C)C(=O)OCCO4)C=C3)C2)cc1. The van der Waals surface area contributed by atoms with E-state index in [2.05, 4.69) is 62.6 Å². The van der Waals surface area contributed by atoms with E-state index in [1.165, 1.54) is 49.3 Å². The molecule has 0 aromatic heterocycles. The summed E-state index contributed by atoms with van der Waals surface area (Å²) in [6.45, 7) is 13.2. The Balaban J connectivity index is 1.08. The van der Waals surface area contributed by atoms with Crippen LogP contribution in [0.5, 0.6) is 5.75 Å². The van der Waals surface area contributed by atoms with Crippen LogP contribution in [0, 0.1) is 17.8 Å². The predicted molar refractivity (Wildman–Crippen MR) is 185 cm³/mol. The van der Waals surface area contributed by atoms with Crippen molar-refractivity contribution >= 4 is 11.9 Å². The van der Waals surface area contributed by atoms with E-state index in [9.17, 15) is 9.59 Å². The number of allylic oxidation sites excluding steroid dienone is 2. The van der Waals surface area contributed by atoms with Crippen molar-refractivity contribution in [2.24, 2.45) is 17.8 Å². The summed E-state index contributed by atoms with van der Waals surface area (Å²) in [5.74, 6) is 2.75. The van der Waals surface area contributed by atoms with Crippen LogP contribution < -0.4 is 4.74 Å². The van der Waals surface area contributed by atoms with E-state index in [1.807, 2.05) is 6.92 Å². The fraction of sp³-hybridized carbons (Fsp3) is 0.600. The van der Waals surface area contributed by atoms with Gasteiger partial charge in [-0.05, 0) is 98.3 Å². The van der Waals surface area contributed by atoms with Crippen molar-refractivity contribution in [3.63, 3.8) is 0 Å². The third kappa shape index (κ3) is 10.2. The predicted octanol–water partition coefficient (Wildman–Crippen LogP) is 7.44. The van der Waals surface area contributed by atoms with E-state index >= 15 is 0 Å². The number of fused-ring (bicyclic) bond motifs is 2. The maximum atomic E-state index is 11.9. The van der Waals surface area contributed by atoms with Gasteiger partial charge in [-0.2, -0.15) is 0 Å². The van der Waals surface area contributed by atoms with Crippen molar-refractivity contribution in [3.8, 4) is 5.75 Å². The lowest BCUT2D eigenvalue weighted by atomic mass is 9.60. The van der Waals surface area contributed by atoms with E-state index in [0.717, 1.165) is 24.5 Å². The molecule has 0 N–H and O–H groups in total. The van der Waals surface area contributed by atoms with Gasteiger partial charge in [0.1, 0.15) is 25.1 Å². The smallest absolute Gasteiger partial charge is 0.333 e. The van der Waals surface area contributed by atoms with E-state index in [0.29, 0.717) is 62.6 Å². The number of hydrogen-bond donors (Lipinski definition) is 0. The average Bonchev–Trinajstić information content (AvgIpc) is 3.11. The monoisotopic (exact) mass is 662 g/mol. The summed E-state index contributed by atoms with van der Waals surface area (Å²) < 4.78 is 34.6. The second-order valence-corrected chi connectivity index (χ2v) is 13.7. The van der Waals surface area contributed by atoms with Crippen LogP contribution in [-0.2, 0) is 33.3 Å². The molecule has 2 saturated carbocycles. The van der Waals surface area contributed by atoms with Gasteiger partial charge in [-0.25, -0.2) is 9.59 Å². The van der Waals surface area contributed by atoms with Crippen molar-refractivity contribution in [2.45, 2.75) is 102 Å². The first-order valence-electron chi connectivity index (χ1n) is 18.0. The molecule has 4 aliphatic rings. The van der Waals surface area contributed by atoms with Crippen molar-refractivity contribution in [1.29, 1.82) is 0 Å². The Morgan fingerprint density at radius 1 is 1.04 bits per heavy atom. The van der Waals surface area contributed by atoms with Gasteiger partial charge in [-0.15, -0.1) is 0 Å². The molecule has 6 unspecified atom stereocenters. The number of esters is 2. The number of hydrogen-bond acceptors (Lipinski definition) is 8. The molecule has 1 aromatic carbocycles. The first-order valence-corrected chi connectivity index (χ1v) is 18.0. The molecule has 48 heavy (non-hydrogen) atoms. The quantitative estimate of drug-likeness (QED) is 0.142. The third-order valence-corrected chi connectivity index (χ3v) is 10.4.